The van der Waals surface area contributed by atoms with E-state index in [-0.39, 0.29) is 24.3 Å². The van der Waals surface area contributed by atoms with Crippen molar-refractivity contribution in [1.82, 2.24) is 9.97 Å². The van der Waals surface area contributed by atoms with Crippen LogP contribution in [-0.4, -0.2) is 54.2 Å². The molecule has 1 aliphatic rings. The van der Waals surface area contributed by atoms with Crippen LogP contribution in [0.2, 0.25) is 0 Å². The number of nitrogens with zero attached hydrogens (tertiary/aromatic N) is 2. The van der Waals surface area contributed by atoms with Crippen molar-refractivity contribution in [1.29, 1.82) is 0 Å². The Hall–Kier alpha value is -2.89. The van der Waals surface area contributed by atoms with Gasteiger partial charge < -0.3 is 14.2 Å². The van der Waals surface area contributed by atoms with Gasteiger partial charge in [-0.2, -0.15) is 0 Å². The number of anilines is 1. The fourth-order valence-electron chi connectivity index (χ4n) is 4.29. The van der Waals surface area contributed by atoms with Crippen LogP contribution in [0.3, 0.4) is 0 Å². The normalized spacial score (nSPS) is 19.8. The molecule has 0 aliphatic carbocycles. The summed E-state index contributed by atoms with van der Waals surface area (Å²) >= 11 is 0. The Balaban J connectivity index is 2.00. The summed E-state index contributed by atoms with van der Waals surface area (Å²) in [5.74, 6) is -1.87. The maximum absolute atomic E-state index is 13.7. The second kappa shape index (κ2) is 11.7. The van der Waals surface area contributed by atoms with Gasteiger partial charge in [0.25, 0.3) is 0 Å². The van der Waals surface area contributed by atoms with E-state index in [1.807, 2.05) is 46.8 Å². The first kappa shape index (κ1) is 30.6. The van der Waals surface area contributed by atoms with Crippen molar-refractivity contribution >= 4 is 28.0 Å². The molecule has 1 aliphatic heterocycles. The number of benzene rings is 1. The lowest BCUT2D eigenvalue weighted by Crippen LogP contribution is -2.45. The third-order valence-corrected chi connectivity index (χ3v) is 6.14. The van der Waals surface area contributed by atoms with E-state index in [2.05, 4.69) is 14.7 Å². The first-order valence-corrected chi connectivity index (χ1v) is 14.7. The van der Waals surface area contributed by atoms with Gasteiger partial charge in [0.15, 0.2) is 5.79 Å². The fraction of sp³-hybridized carbons (Fsp3) is 0.536. The zero-order valence-corrected chi connectivity index (χ0v) is 24.6. The standard InChI is InChI=1S/C28H38FN3O6S/c1-17(2)24-22(25(18-9-11-19(29)12-10-18)31-26(30-24)32-39(8,34)35)14-13-20-15-21(37-28(6,7)36-20)16-23(33)38-27(3,4)5/h9-14,17,20-21H,15-16H2,1-8H3,(H,30,31,32)/b14-13+/t20?,21-/m1/s1. The minimum atomic E-state index is -3.63. The van der Waals surface area contributed by atoms with Gasteiger partial charge in [-0.15, -0.1) is 0 Å². The summed E-state index contributed by atoms with van der Waals surface area (Å²) in [5, 5.41) is 0. The Bertz CT molecular complexity index is 1320. The summed E-state index contributed by atoms with van der Waals surface area (Å²) in [6, 6.07) is 5.78. The van der Waals surface area contributed by atoms with Gasteiger partial charge in [0.2, 0.25) is 16.0 Å². The number of aromatic nitrogens is 2. The first-order chi connectivity index (χ1) is 17.9. The van der Waals surface area contributed by atoms with Gasteiger partial charge in [0.1, 0.15) is 11.4 Å². The highest BCUT2D eigenvalue weighted by atomic mass is 32.2. The molecular weight excluding hydrogens is 525 g/mol. The predicted molar refractivity (Wildman–Crippen MR) is 148 cm³/mol. The average Bonchev–Trinajstić information content (AvgIpc) is 2.74. The summed E-state index contributed by atoms with van der Waals surface area (Å²) in [4.78, 5) is 21.4. The average molecular weight is 564 g/mol. The molecule has 0 saturated carbocycles. The molecule has 3 rings (SSSR count). The molecule has 214 valence electrons. The van der Waals surface area contributed by atoms with Crippen LogP contribution in [0, 0.1) is 5.82 Å². The highest BCUT2D eigenvalue weighted by Gasteiger charge is 2.36. The molecule has 2 atom stereocenters. The molecule has 2 aromatic rings. The summed E-state index contributed by atoms with van der Waals surface area (Å²) in [6.07, 6.45) is 4.38. The number of ether oxygens (including phenoxy) is 3. The van der Waals surface area contributed by atoms with Crippen LogP contribution < -0.4 is 4.72 Å². The fourth-order valence-corrected chi connectivity index (χ4v) is 4.72. The second-order valence-electron chi connectivity index (χ2n) is 11.4. The number of hydrogen-bond donors (Lipinski definition) is 1. The lowest BCUT2D eigenvalue weighted by Gasteiger charge is -2.39. The molecule has 1 aromatic carbocycles. The van der Waals surface area contributed by atoms with E-state index in [9.17, 15) is 17.6 Å². The van der Waals surface area contributed by atoms with E-state index >= 15 is 0 Å². The van der Waals surface area contributed by atoms with Crippen molar-refractivity contribution in [2.45, 2.75) is 90.8 Å². The topological polar surface area (TPSA) is 117 Å². The van der Waals surface area contributed by atoms with Crippen molar-refractivity contribution in [3.8, 4) is 11.3 Å². The number of carbonyl (C=O) groups is 1. The SMILES string of the molecule is CC(C)c1nc(NS(C)(=O)=O)nc(-c2ccc(F)cc2)c1/C=C/C1C[C@H](CC(=O)OC(C)(C)C)OC(C)(C)O1. The monoisotopic (exact) mass is 563 g/mol. The van der Waals surface area contributed by atoms with Crippen LogP contribution in [0.1, 0.15) is 78.5 Å². The third-order valence-electron chi connectivity index (χ3n) is 5.59. The third kappa shape index (κ3) is 9.36. The molecule has 1 aromatic heterocycles. The molecule has 1 saturated heterocycles. The Morgan fingerprint density at radius 3 is 2.41 bits per heavy atom. The maximum atomic E-state index is 13.7. The largest absolute Gasteiger partial charge is 0.460 e. The van der Waals surface area contributed by atoms with Gasteiger partial charge >= 0.3 is 5.97 Å². The van der Waals surface area contributed by atoms with E-state index in [0.717, 1.165) is 6.26 Å². The van der Waals surface area contributed by atoms with Gasteiger partial charge in [-0.3, -0.25) is 9.52 Å². The molecule has 0 radical (unpaired) electrons. The number of halogens is 1. The zero-order valence-electron chi connectivity index (χ0n) is 23.7. The summed E-state index contributed by atoms with van der Waals surface area (Å²) in [7, 11) is -3.63. The molecule has 11 heteroatoms. The van der Waals surface area contributed by atoms with Gasteiger partial charge in [0, 0.05) is 17.5 Å². The van der Waals surface area contributed by atoms with Crippen LogP contribution in [-0.2, 0) is 29.0 Å². The van der Waals surface area contributed by atoms with Crippen molar-refractivity contribution < 1.29 is 31.8 Å². The minimum absolute atomic E-state index is 0.0708. The van der Waals surface area contributed by atoms with Crippen LogP contribution in [0.25, 0.3) is 17.3 Å². The number of sulfonamides is 1. The van der Waals surface area contributed by atoms with Gasteiger partial charge in [0.05, 0.1) is 36.3 Å². The predicted octanol–water partition coefficient (Wildman–Crippen LogP) is 5.43. The van der Waals surface area contributed by atoms with Crippen molar-refractivity contribution in [2.75, 3.05) is 11.0 Å². The van der Waals surface area contributed by atoms with Crippen molar-refractivity contribution in [3.05, 3.63) is 47.4 Å². The van der Waals surface area contributed by atoms with E-state index < -0.39 is 39.4 Å². The minimum Gasteiger partial charge on any atom is -0.460 e. The van der Waals surface area contributed by atoms with Crippen LogP contribution in [0.5, 0.6) is 0 Å². The van der Waals surface area contributed by atoms with Gasteiger partial charge in [-0.05, 0) is 64.8 Å². The highest BCUT2D eigenvalue weighted by molar-refractivity contribution is 7.91. The van der Waals surface area contributed by atoms with E-state index in [1.54, 1.807) is 26.0 Å². The summed E-state index contributed by atoms with van der Waals surface area (Å²) < 4.78 is 57.5. The molecule has 1 N–H and O–H groups in total. The van der Waals surface area contributed by atoms with Crippen LogP contribution >= 0.6 is 0 Å². The summed E-state index contributed by atoms with van der Waals surface area (Å²) in [5.41, 5.74) is 1.68. The van der Waals surface area contributed by atoms with Crippen molar-refractivity contribution in [2.24, 2.45) is 0 Å². The van der Waals surface area contributed by atoms with E-state index in [0.29, 0.717) is 28.9 Å². The molecule has 1 unspecified atom stereocenters. The smallest absolute Gasteiger partial charge is 0.308 e. The number of rotatable bonds is 8. The molecule has 39 heavy (non-hydrogen) atoms. The quantitative estimate of drug-likeness (QED) is 0.423. The zero-order chi connectivity index (χ0) is 29.2. The molecule has 0 spiro atoms. The molecule has 0 bridgehead atoms. The number of hydrogen-bond acceptors (Lipinski definition) is 8. The Labute approximate surface area is 230 Å². The molecule has 0 amide bonds. The second-order valence-corrected chi connectivity index (χ2v) is 13.2. The van der Waals surface area contributed by atoms with Gasteiger partial charge in [-0.25, -0.2) is 22.8 Å². The molecular formula is C28H38FN3O6S. The molecule has 9 nitrogen and oxygen atoms in total. The maximum Gasteiger partial charge on any atom is 0.308 e. The lowest BCUT2D eigenvalue weighted by molar-refractivity contribution is -0.290. The molecule has 2 heterocycles. The van der Waals surface area contributed by atoms with Gasteiger partial charge in [-0.1, -0.05) is 26.0 Å². The lowest BCUT2D eigenvalue weighted by atomic mass is 9.97. The summed E-state index contributed by atoms with van der Waals surface area (Å²) in [6.45, 7) is 12.9. The number of nitrogens with one attached hydrogen (secondary N) is 1. The number of carbonyl (C=O) groups excluding carboxylic acids is 1. The Kier molecular flexibility index (Phi) is 9.19. The van der Waals surface area contributed by atoms with Crippen molar-refractivity contribution in [3.63, 3.8) is 0 Å². The molecule has 1 fully saturated rings. The van der Waals surface area contributed by atoms with Crippen LogP contribution in [0.4, 0.5) is 10.3 Å². The van der Waals surface area contributed by atoms with E-state index in [1.165, 1.54) is 12.1 Å². The Morgan fingerprint density at radius 1 is 1.21 bits per heavy atom. The first-order valence-electron chi connectivity index (χ1n) is 12.8. The van der Waals surface area contributed by atoms with E-state index in [4.69, 9.17) is 14.2 Å². The Morgan fingerprint density at radius 2 is 1.85 bits per heavy atom. The highest BCUT2D eigenvalue weighted by Crippen LogP contribution is 2.33. The van der Waals surface area contributed by atoms with Crippen LogP contribution in [0.15, 0.2) is 30.3 Å². The number of esters is 1.